The van der Waals surface area contributed by atoms with Crippen molar-refractivity contribution in [3.05, 3.63) is 29.6 Å². The zero-order chi connectivity index (χ0) is 14.6. The minimum Gasteiger partial charge on any atom is -0.350 e. The molecule has 2 N–H and O–H groups in total. The number of rotatable bonds is 3. The van der Waals surface area contributed by atoms with Gasteiger partial charge in [-0.25, -0.2) is 4.39 Å². The smallest absolute Gasteiger partial charge is 0.251 e. The Morgan fingerprint density at radius 1 is 1.32 bits per heavy atom. The third-order valence-corrected chi connectivity index (χ3v) is 2.47. The van der Waals surface area contributed by atoms with Crippen LogP contribution in [0.1, 0.15) is 31.1 Å². The number of hydrogen-bond acceptors (Lipinski definition) is 3. The highest BCUT2D eigenvalue weighted by Crippen LogP contribution is 2.13. The van der Waals surface area contributed by atoms with Crippen LogP contribution in [-0.4, -0.2) is 23.9 Å². The molecule has 0 aliphatic carbocycles. The summed E-state index contributed by atoms with van der Waals surface area (Å²) in [6, 6.07) is 3.81. The molecule has 1 aromatic rings. The molecular formula is C13H17FN2O2S. The van der Waals surface area contributed by atoms with Crippen LogP contribution in [0.25, 0.3) is 0 Å². The number of nitrogens with one attached hydrogen (secondary N) is 2. The Bertz CT molecular complexity index is 498. The SMILES string of the molecule is CC(C)(C)NC(=O)CNC(=O)c1ccc(F)c(S)c1. The fraction of sp³-hybridized carbons (Fsp3) is 0.385. The molecule has 0 atom stereocenters. The highest BCUT2D eigenvalue weighted by molar-refractivity contribution is 7.80. The molecule has 0 bridgehead atoms. The first-order valence-electron chi connectivity index (χ1n) is 5.77. The third kappa shape index (κ3) is 5.30. The van der Waals surface area contributed by atoms with E-state index in [0.29, 0.717) is 0 Å². The second-order valence-electron chi connectivity index (χ2n) is 5.15. The van der Waals surface area contributed by atoms with Gasteiger partial charge in [0.2, 0.25) is 5.91 Å². The monoisotopic (exact) mass is 284 g/mol. The van der Waals surface area contributed by atoms with Crippen molar-refractivity contribution in [1.82, 2.24) is 10.6 Å². The van der Waals surface area contributed by atoms with Crippen molar-refractivity contribution in [3.63, 3.8) is 0 Å². The van der Waals surface area contributed by atoms with E-state index in [0.717, 1.165) is 6.07 Å². The topological polar surface area (TPSA) is 58.2 Å². The summed E-state index contributed by atoms with van der Waals surface area (Å²) >= 11 is 3.89. The molecule has 1 aromatic carbocycles. The first-order chi connectivity index (χ1) is 8.69. The molecule has 19 heavy (non-hydrogen) atoms. The van der Waals surface area contributed by atoms with E-state index in [2.05, 4.69) is 23.3 Å². The van der Waals surface area contributed by atoms with Crippen molar-refractivity contribution >= 4 is 24.4 Å². The van der Waals surface area contributed by atoms with Crippen molar-refractivity contribution in [2.24, 2.45) is 0 Å². The lowest BCUT2D eigenvalue weighted by Crippen LogP contribution is -2.45. The fourth-order valence-corrected chi connectivity index (χ4v) is 1.59. The summed E-state index contributed by atoms with van der Waals surface area (Å²) in [6.07, 6.45) is 0. The van der Waals surface area contributed by atoms with Crippen LogP contribution in [0.15, 0.2) is 23.1 Å². The van der Waals surface area contributed by atoms with E-state index in [1.807, 2.05) is 20.8 Å². The number of amides is 2. The van der Waals surface area contributed by atoms with Gasteiger partial charge in [0, 0.05) is 16.0 Å². The summed E-state index contributed by atoms with van der Waals surface area (Å²) in [4.78, 5) is 23.3. The number of carbonyl (C=O) groups is 2. The fourth-order valence-electron chi connectivity index (χ4n) is 1.38. The lowest BCUT2D eigenvalue weighted by Gasteiger charge is -2.20. The summed E-state index contributed by atoms with van der Waals surface area (Å²) < 4.78 is 13.0. The number of carbonyl (C=O) groups excluding carboxylic acids is 2. The molecule has 0 aliphatic heterocycles. The van der Waals surface area contributed by atoms with Gasteiger partial charge < -0.3 is 10.6 Å². The predicted octanol–water partition coefficient (Wildman–Crippen LogP) is 1.76. The molecule has 0 spiro atoms. The Kier molecular flexibility index (Phi) is 4.94. The number of thiol groups is 1. The number of benzene rings is 1. The van der Waals surface area contributed by atoms with Gasteiger partial charge in [-0.15, -0.1) is 12.6 Å². The van der Waals surface area contributed by atoms with Gasteiger partial charge in [0.15, 0.2) is 0 Å². The molecule has 0 unspecified atom stereocenters. The highest BCUT2D eigenvalue weighted by Gasteiger charge is 2.15. The molecule has 2 amide bonds. The summed E-state index contributed by atoms with van der Waals surface area (Å²) in [5.74, 6) is -1.22. The highest BCUT2D eigenvalue weighted by atomic mass is 32.1. The normalized spacial score (nSPS) is 11.0. The molecule has 1 rings (SSSR count). The largest absolute Gasteiger partial charge is 0.350 e. The Labute approximate surface area is 117 Å². The van der Waals surface area contributed by atoms with Crippen LogP contribution < -0.4 is 10.6 Å². The molecule has 0 aromatic heterocycles. The Balaban J connectivity index is 2.56. The second-order valence-corrected chi connectivity index (χ2v) is 5.63. The van der Waals surface area contributed by atoms with Crippen molar-refractivity contribution in [1.29, 1.82) is 0 Å². The molecule has 4 nitrogen and oxygen atoms in total. The van der Waals surface area contributed by atoms with Gasteiger partial charge in [0.25, 0.3) is 5.91 Å². The molecule has 0 saturated carbocycles. The van der Waals surface area contributed by atoms with E-state index in [4.69, 9.17) is 0 Å². The third-order valence-electron chi connectivity index (χ3n) is 2.13. The van der Waals surface area contributed by atoms with Crippen LogP contribution in [0.3, 0.4) is 0 Å². The maximum atomic E-state index is 13.0. The Hall–Kier alpha value is -1.56. The van der Waals surface area contributed by atoms with E-state index in [-0.39, 0.29) is 28.4 Å². The van der Waals surface area contributed by atoms with Crippen molar-refractivity contribution in [2.75, 3.05) is 6.54 Å². The lowest BCUT2D eigenvalue weighted by atomic mass is 10.1. The van der Waals surface area contributed by atoms with Crippen LogP contribution in [0.4, 0.5) is 4.39 Å². The van der Waals surface area contributed by atoms with E-state index in [1.54, 1.807) is 0 Å². The lowest BCUT2D eigenvalue weighted by molar-refractivity contribution is -0.121. The minimum atomic E-state index is -0.495. The van der Waals surface area contributed by atoms with Gasteiger partial charge in [-0.2, -0.15) is 0 Å². The van der Waals surface area contributed by atoms with Gasteiger partial charge in [0.1, 0.15) is 5.82 Å². The Morgan fingerprint density at radius 2 is 1.95 bits per heavy atom. The molecule has 104 valence electrons. The summed E-state index contributed by atoms with van der Waals surface area (Å²) in [7, 11) is 0. The molecule has 0 radical (unpaired) electrons. The van der Waals surface area contributed by atoms with Gasteiger partial charge in [-0.3, -0.25) is 9.59 Å². The second kappa shape index (κ2) is 6.06. The average Bonchev–Trinajstić information content (AvgIpc) is 2.27. The van der Waals surface area contributed by atoms with Crippen molar-refractivity contribution < 1.29 is 14.0 Å². The molecule has 0 fully saturated rings. The standard InChI is InChI=1S/C13H17FN2O2S/c1-13(2,3)16-11(17)7-15-12(18)8-4-5-9(14)10(19)6-8/h4-6,19H,7H2,1-3H3,(H,15,18)(H,16,17). The summed E-state index contributed by atoms with van der Waals surface area (Å²) in [5.41, 5.74) is -0.0920. The van der Waals surface area contributed by atoms with Crippen molar-refractivity contribution in [2.45, 2.75) is 31.2 Å². The van der Waals surface area contributed by atoms with Gasteiger partial charge in [0.05, 0.1) is 6.54 Å². The van der Waals surface area contributed by atoms with Crippen LogP contribution in [-0.2, 0) is 4.79 Å². The first-order valence-corrected chi connectivity index (χ1v) is 6.21. The molecule has 0 heterocycles. The van der Waals surface area contributed by atoms with E-state index >= 15 is 0 Å². The summed E-state index contributed by atoms with van der Waals surface area (Å²) in [5, 5.41) is 5.18. The first kappa shape index (κ1) is 15.5. The van der Waals surface area contributed by atoms with Crippen LogP contribution in [0, 0.1) is 5.82 Å². The maximum absolute atomic E-state index is 13.0. The maximum Gasteiger partial charge on any atom is 0.251 e. The van der Waals surface area contributed by atoms with Gasteiger partial charge >= 0.3 is 0 Å². The average molecular weight is 284 g/mol. The number of hydrogen-bond donors (Lipinski definition) is 3. The van der Waals surface area contributed by atoms with E-state index in [9.17, 15) is 14.0 Å². The zero-order valence-electron chi connectivity index (χ0n) is 11.1. The van der Waals surface area contributed by atoms with E-state index < -0.39 is 11.7 Å². The zero-order valence-corrected chi connectivity index (χ0v) is 12.0. The molecule has 0 saturated heterocycles. The van der Waals surface area contributed by atoms with Crippen LogP contribution >= 0.6 is 12.6 Å². The van der Waals surface area contributed by atoms with Gasteiger partial charge in [-0.1, -0.05) is 0 Å². The Morgan fingerprint density at radius 3 is 2.47 bits per heavy atom. The molecule has 0 aliphatic rings. The number of halogens is 1. The van der Waals surface area contributed by atoms with E-state index in [1.165, 1.54) is 12.1 Å². The summed E-state index contributed by atoms with van der Waals surface area (Å²) in [6.45, 7) is 5.41. The van der Waals surface area contributed by atoms with Crippen LogP contribution in [0.5, 0.6) is 0 Å². The molecular weight excluding hydrogens is 267 g/mol. The minimum absolute atomic E-state index is 0.0896. The van der Waals surface area contributed by atoms with Gasteiger partial charge in [-0.05, 0) is 39.0 Å². The predicted molar refractivity (Wildman–Crippen MR) is 73.9 cm³/mol. The quantitative estimate of drug-likeness (QED) is 0.741. The van der Waals surface area contributed by atoms with Crippen molar-refractivity contribution in [3.8, 4) is 0 Å². The van der Waals surface area contributed by atoms with Crippen LogP contribution in [0.2, 0.25) is 0 Å². The molecule has 6 heteroatoms.